The number of ether oxygens (including phenoxy) is 1. The zero-order chi connectivity index (χ0) is 24.7. The van der Waals surface area contributed by atoms with E-state index in [2.05, 4.69) is 12.2 Å². The fourth-order valence-electron chi connectivity index (χ4n) is 3.91. The minimum atomic E-state index is -1.07. The zero-order valence-electron chi connectivity index (χ0n) is 20.6. The van der Waals surface area contributed by atoms with Crippen LogP contribution in [-0.4, -0.2) is 29.1 Å². The molecular weight excluding hydrogens is 422 g/mol. The number of nitrogens with one attached hydrogen (secondary N) is 1. The van der Waals surface area contributed by atoms with Gasteiger partial charge in [-0.25, -0.2) is 9.59 Å². The molecule has 0 spiro atoms. The van der Waals surface area contributed by atoms with Crippen molar-refractivity contribution in [1.82, 2.24) is 5.32 Å². The van der Waals surface area contributed by atoms with Crippen LogP contribution in [0.2, 0.25) is 0 Å². The highest BCUT2D eigenvalue weighted by atomic mass is 16.5. The van der Waals surface area contributed by atoms with Gasteiger partial charge in [0.05, 0.1) is 0 Å². The molecule has 0 saturated heterocycles. The van der Waals surface area contributed by atoms with Crippen LogP contribution in [0.25, 0.3) is 11.0 Å². The molecule has 2 rings (SSSR count). The number of benzene rings is 1. The van der Waals surface area contributed by atoms with Gasteiger partial charge >= 0.3 is 11.6 Å². The first kappa shape index (κ1) is 26.4. The van der Waals surface area contributed by atoms with Gasteiger partial charge in [0.15, 0.2) is 6.10 Å². The van der Waals surface area contributed by atoms with Gasteiger partial charge in [-0.15, -0.1) is 0 Å². The van der Waals surface area contributed by atoms with Crippen LogP contribution in [0, 0.1) is 19.8 Å². The van der Waals surface area contributed by atoms with Crippen molar-refractivity contribution in [2.24, 2.45) is 5.92 Å². The van der Waals surface area contributed by atoms with Crippen molar-refractivity contribution in [3.63, 3.8) is 0 Å². The summed E-state index contributed by atoms with van der Waals surface area (Å²) in [5.41, 5.74) is 2.37. The molecule has 3 atom stereocenters. The van der Waals surface area contributed by atoms with E-state index in [1.54, 1.807) is 26.8 Å². The summed E-state index contributed by atoms with van der Waals surface area (Å²) < 4.78 is 11.5. The molecule has 3 unspecified atom stereocenters. The number of unbranched alkanes of at least 4 members (excludes halogenated alkanes) is 3. The van der Waals surface area contributed by atoms with Crippen LogP contribution in [-0.2, 0) is 16.0 Å². The van der Waals surface area contributed by atoms with Crippen LogP contribution >= 0.6 is 0 Å². The highest BCUT2D eigenvalue weighted by Gasteiger charge is 2.28. The van der Waals surface area contributed by atoms with E-state index in [4.69, 9.17) is 9.15 Å². The molecule has 0 fully saturated rings. The first-order valence-electron chi connectivity index (χ1n) is 11.9. The van der Waals surface area contributed by atoms with Crippen LogP contribution in [0.1, 0.15) is 76.5 Å². The highest BCUT2D eigenvalue weighted by molar-refractivity contribution is 5.88. The van der Waals surface area contributed by atoms with Crippen LogP contribution in [0.4, 0.5) is 0 Å². The fraction of sp³-hybridized carbons (Fsp3) is 0.577. The quantitative estimate of drug-likeness (QED) is 0.345. The Kier molecular flexibility index (Phi) is 9.50. The normalized spacial score (nSPS) is 14.0. The molecular formula is C26H37NO6. The molecule has 0 aliphatic heterocycles. The molecule has 33 heavy (non-hydrogen) atoms. The third kappa shape index (κ3) is 6.36. The summed E-state index contributed by atoms with van der Waals surface area (Å²) in [4.78, 5) is 36.8. The second kappa shape index (κ2) is 11.9. The van der Waals surface area contributed by atoms with E-state index in [0.29, 0.717) is 35.3 Å². The molecule has 1 amide bonds. The minimum absolute atomic E-state index is 0.213. The van der Waals surface area contributed by atoms with Crippen LogP contribution in [0.3, 0.4) is 0 Å². The van der Waals surface area contributed by atoms with Gasteiger partial charge in [-0.05, 0) is 57.2 Å². The maximum absolute atomic E-state index is 12.7. The van der Waals surface area contributed by atoms with Gasteiger partial charge in [0.25, 0.3) is 5.91 Å². The molecule has 182 valence electrons. The first-order valence-corrected chi connectivity index (χ1v) is 11.9. The van der Waals surface area contributed by atoms with Gasteiger partial charge in [0.1, 0.15) is 17.4 Å². The third-order valence-electron chi connectivity index (χ3n) is 6.38. The Labute approximate surface area is 195 Å². The summed E-state index contributed by atoms with van der Waals surface area (Å²) in [5.74, 6) is -1.38. The number of hydrogen-bond donors (Lipinski definition) is 2. The molecule has 2 aromatic rings. The second-order valence-corrected chi connectivity index (χ2v) is 8.84. The predicted octanol–water partition coefficient (Wildman–Crippen LogP) is 4.92. The summed E-state index contributed by atoms with van der Waals surface area (Å²) in [6.07, 6.45) is 4.71. The number of fused-ring (bicyclic) bond motifs is 1. The number of rotatable bonds is 12. The number of carboxylic acid groups (broad SMARTS) is 1. The Morgan fingerprint density at radius 3 is 2.39 bits per heavy atom. The largest absolute Gasteiger partial charge is 0.480 e. The Morgan fingerprint density at radius 2 is 1.79 bits per heavy atom. The SMILES string of the molecule is CCCCCCc1c(C)c2ccc(OC(C)C(=O)NC(C(=O)O)C(C)CC)c(C)c2oc1=O. The number of carboxylic acids is 1. The number of carbonyl (C=O) groups is 2. The maximum atomic E-state index is 12.7. The van der Waals surface area contributed by atoms with Crippen LogP contribution < -0.4 is 15.7 Å². The Bertz CT molecular complexity index is 1040. The van der Waals surface area contributed by atoms with E-state index in [1.165, 1.54) is 0 Å². The molecule has 1 aromatic heterocycles. The smallest absolute Gasteiger partial charge is 0.339 e. The topological polar surface area (TPSA) is 106 Å². The number of aryl methyl sites for hydroxylation is 2. The molecule has 0 saturated carbocycles. The monoisotopic (exact) mass is 459 g/mol. The number of hydrogen-bond acceptors (Lipinski definition) is 5. The van der Waals surface area contributed by atoms with Gasteiger partial charge in [-0.3, -0.25) is 4.79 Å². The lowest BCUT2D eigenvalue weighted by Gasteiger charge is -2.23. The van der Waals surface area contributed by atoms with E-state index >= 15 is 0 Å². The molecule has 2 N–H and O–H groups in total. The maximum Gasteiger partial charge on any atom is 0.339 e. The van der Waals surface area contributed by atoms with E-state index in [9.17, 15) is 19.5 Å². The Balaban J connectivity index is 2.24. The van der Waals surface area contributed by atoms with Gasteiger partial charge in [0, 0.05) is 16.5 Å². The minimum Gasteiger partial charge on any atom is -0.480 e. The Morgan fingerprint density at radius 1 is 1.09 bits per heavy atom. The lowest BCUT2D eigenvalue weighted by Crippen LogP contribution is -2.49. The fourth-order valence-corrected chi connectivity index (χ4v) is 3.91. The van der Waals surface area contributed by atoms with E-state index in [0.717, 1.165) is 36.6 Å². The second-order valence-electron chi connectivity index (χ2n) is 8.84. The number of carbonyl (C=O) groups excluding carboxylic acids is 1. The van der Waals surface area contributed by atoms with Crippen molar-refractivity contribution in [3.05, 3.63) is 39.2 Å². The summed E-state index contributed by atoms with van der Waals surface area (Å²) >= 11 is 0. The van der Waals surface area contributed by atoms with E-state index in [1.807, 2.05) is 19.9 Å². The van der Waals surface area contributed by atoms with Gasteiger partial charge in [-0.1, -0.05) is 46.5 Å². The summed E-state index contributed by atoms with van der Waals surface area (Å²) in [5, 5.41) is 12.8. The van der Waals surface area contributed by atoms with Crippen molar-refractivity contribution in [3.8, 4) is 5.75 Å². The van der Waals surface area contributed by atoms with Crippen LogP contribution in [0.15, 0.2) is 21.3 Å². The molecule has 7 heteroatoms. The van der Waals surface area contributed by atoms with Gasteiger partial charge < -0.3 is 19.6 Å². The lowest BCUT2D eigenvalue weighted by atomic mass is 9.99. The average Bonchev–Trinajstić information content (AvgIpc) is 2.78. The molecule has 0 bridgehead atoms. The number of aliphatic carboxylic acids is 1. The molecule has 0 radical (unpaired) electrons. The summed E-state index contributed by atoms with van der Waals surface area (Å²) in [7, 11) is 0. The molecule has 1 heterocycles. The molecule has 1 aromatic carbocycles. The van der Waals surface area contributed by atoms with Crippen molar-refractivity contribution >= 4 is 22.8 Å². The highest BCUT2D eigenvalue weighted by Crippen LogP contribution is 2.30. The lowest BCUT2D eigenvalue weighted by molar-refractivity contribution is -0.144. The van der Waals surface area contributed by atoms with E-state index < -0.39 is 24.0 Å². The molecule has 0 aliphatic rings. The average molecular weight is 460 g/mol. The molecule has 0 aliphatic carbocycles. The predicted molar refractivity (Wildman–Crippen MR) is 129 cm³/mol. The third-order valence-corrected chi connectivity index (χ3v) is 6.38. The number of amides is 1. The summed E-state index contributed by atoms with van der Waals surface area (Å²) in [6.45, 7) is 11.1. The van der Waals surface area contributed by atoms with Crippen molar-refractivity contribution in [2.45, 2.75) is 92.2 Å². The van der Waals surface area contributed by atoms with Crippen molar-refractivity contribution < 1.29 is 23.8 Å². The van der Waals surface area contributed by atoms with Gasteiger partial charge in [0.2, 0.25) is 0 Å². The van der Waals surface area contributed by atoms with Gasteiger partial charge in [-0.2, -0.15) is 0 Å². The zero-order valence-corrected chi connectivity index (χ0v) is 20.6. The van der Waals surface area contributed by atoms with Crippen molar-refractivity contribution in [2.75, 3.05) is 0 Å². The standard InChI is InChI=1S/C26H37NO6/c1-7-9-10-11-12-20-16(4)19-13-14-21(17(5)23(19)33-26(20)31)32-18(6)24(28)27-22(25(29)30)15(3)8-2/h13-15,18,22H,7-12H2,1-6H3,(H,27,28)(H,29,30). The van der Waals surface area contributed by atoms with Crippen LogP contribution in [0.5, 0.6) is 5.75 Å². The van der Waals surface area contributed by atoms with E-state index in [-0.39, 0.29) is 11.5 Å². The Hall–Kier alpha value is -2.83. The summed E-state index contributed by atoms with van der Waals surface area (Å²) in [6, 6.07) is 2.62. The first-order chi connectivity index (χ1) is 15.6. The van der Waals surface area contributed by atoms with Crippen molar-refractivity contribution in [1.29, 1.82) is 0 Å². The molecule has 7 nitrogen and oxygen atoms in total.